The SMILES string of the molecule is CCNC/C=C/c1cncc2ccccc12. The van der Waals surface area contributed by atoms with Gasteiger partial charge < -0.3 is 5.32 Å². The van der Waals surface area contributed by atoms with Gasteiger partial charge >= 0.3 is 0 Å². The number of hydrogen-bond donors (Lipinski definition) is 1. The van der Waals surface area contributed by atoms with Gasteiger partial charge in [-0.05, 0) is 11.9 Å². The highest BCUT2D eigenvalue weighted by Gasteiger charge is 1.96. The first-order chi connectivity index (χ1) is 7.92. The molecule has 0 atom stereocenters. The monoisotopic (exact) mass is 212 g/mol. The first-order valence-electron chi connectivity index (χ1n) is 5.62. The average molecular weight is 212 g/mol. The van der Waals surface area contributed by atoms with E-state index >= 15 is 0 Å². The molecule has 1 aromatic heterocycles. The normalized spacial score (nSPS) is 11.3. The Balaban J connectivity index is 2.27. The molecule has 0 amide bonds. The molecular formula is C14H16N2. The lowest BCUT2D eigenvalue weighted by Crippen LogP contribution is -2.11. The maximum atomic E-state index is 4.24. The fourth-order valence-electron chi connectivity index (χ4n) is 1.69. The lowest BCUT2D eigenvalue weighted by atomic mass is 10.1. The number of aromatic nitrogens is 1. The molecule has 1 heterocycles. The molecule has 2 heteroatoms. The summed E-state index contributed by atoms with van der Waals surface area (Å²) in [5, 5.41) is 5.70. The van der Waals surface area contributed by atoms with Crippen LogP contribution in [0.3, 0.4) is 0 Å². The summed E-state index contributed by atoms with van der Waals surface area (Å²) in [4.78, 5) is 4.24. The Labute approximate surface area is 96.0 Å². The molecule has 0 bridgehead atoms. The average Bonchev–Trinajstić information content (AvgIpc) is 2.35. The molecule has 2 rings (SSSR count). The van der Waals surface area contributed by atoms with Crippen molar-refractivity contribution in [2.45, 2.75) is 6.92 Å². The Kier molecular flexibility index (Phi) is 3.67. The summed E-state index contributed by atoms with van der Waals surface area (Å²) in [5.41, 5.74) is 1.18. The van der Waals surface area contributed by atoms with Gasteiger partial charge in [-0.25, -0.2) is 0 Å². The number of hydrogen-bond acceptors (Lipinski definition) is 2. The number of rotatable bonds is 4. The van der Waals surface area contributed by atoms with Crippen molar-refractivity contribution >= 4 is 16.8 Å². The predicted molar refractivity (Wildman–Crippen MR) is 69.3 cm³/mol. The second-order valence-corrected chi connectivity index (χ2v) is 3.66. The summed E-state index contributed by atoms with van der Waals surface area (Å²) in [6.07, 6.45) is 8.06. The molecule has 2 aromatic rings. The van der Waals surface area contributed by atoms with E-state index in [-0.39, 0.29) is 0 Å². The van der Waals surface area contributed by atoms with Crippen LogP contribution in [0.1, 0.15) is 12.5 Å². The van der Waals surface area contributed by atoms with Crippen molar-refractivity contribution in [1.82, 2.24) is 10.3 Å². The van der Waals surface area contributed by atoms with Gasteiger partial charge in [0.2, 0.25) is 0 Å². The maximum Gasteiger partial charge on any atom is 0.0346 e. The van der Waals surface area contributed by atoms with Crippen LogP contribution in [0.5, 0.6) is 0 Å². The number of likely N-dealkylation sites (N-methyl/N-ethyl adjacent to an activating group) is 1. The van der Waals surface area contributed by atoms with Crippen molar-refractivity contribution in [3.05, 3.63) is 48.3 Å². The zero-order valence-electron chi connectivity index (χ0n) is 9.48. The predicted octanol–water partition coefficient (Wildman–Crippen LogP) is 2.86. The molecule has 0 spiro atoms. The number of nitrogens with zero attached hydrogens (tertiary/aromatic N) is 1. The van der Waals surface area contributed by atoms with Crippen LogP contribution in [-0.2, 0) is 0 Å². The van der Waals surface area contributed by atoms with Crippen molar-refractivity contribution in [1.29, 1.82) is 0 Å². The molecule has 0 aliphatic carbocycles. The van der Waals surface area contributed by atoms with Crippen molar-refractivity contribution in [3.63, 3.8) is 0 Å². The highest BCUT2D eigenvalue weighted by atomic mass is 14.8. The van der Waals surface area contributed by atoms with E-state index in [0.29, 0.717) is 0 Å². The molecular weight excluding hydrogens is 196 g/mol. The van der Waals surface area contributed by atoms with Crippen LogP contribution in [-0.4, -0.2) is 18.1 Å². The fourth-order valence-corrected chi connectivity index (χ4v) is 1.69. The Morgan fingerprint density at radius 3 is 3.00 bits per heavy atom. The number of pyridine rings is 1. The Hall–Kier alpha value is -1.67. The van der Waals surface area contributed by atoms with Gasteiger partial charge in [0.25, 0.3) is 0 Å². The van der Waals surface area contributed by atoms with Gasteiger partial charge in [0.15, 0.2) is 0 Å². The molecule has 0 saturated carbocycles. The number of fused-ring (bicyclic) bond motifs is 1. The highest BCUT2D eigenvalue weighted by molar-refractivity contribution is 5.89. The minimum atomic E-state index is 0.903. The molecule has 0 saturated heterocycles. The zero-order chi connectivity index (χ0) is 11.2. The van der Waals surface area contributed by atoms with Crippen molar-refractivity contribution in [2.24, 2.45) is 0 Å². The van der Waals surface area contributed by atoms with E-state index in [4.69, 9.17) is 0 Å². The fraction of sp³-hybridized carbons (Fsp3) is 0.214. The van der Waals surface area contributed by atoms with E-state index in [1.807, 2.05) is 18.5 Å². The third kappa shape index (κ3) is 2.47. The van der Waals surface area contributed by atoms with E-state index < -0.39 is 0 Å². The molecule has 0 unspecified atom stereocenters. The lowest BCUT2D eigenvalue weighted by molar-refractivity contribution is 0.801. The Bertz CT molecular complexity index is 484. The quantitative estimate of drug-likeness (QED) is 0.788. The maximum absolute atomic E-state index is 4.24. The van der Waals surface area contributed by atoms with Gasteiger partial charge in [-0.2, -0.15) is 0 Å². The number of benzene rings is 1. The third-order valence-corrected chi connectivity index (χ3v) is 2.51. The van der Waals surface area contributed by atoms with Crippen LogP contribution < -0.4 is 5.32 Å². The summed E-state index contributed by atoms with van der Waals surface area (Å²) in [6, 6.07) is 8.31. The summed E-state index contributed by atoms with van der Waals surface area (Å²) in [7, 11) is 0. The molecule has 0 fully saturated rings. The second kappa shape index (κ2) is 5.42. The van der Waals surface area contributed by atoms with Gasteiger partial charge in [0.1, 0.15) is 0 Å². The molecule has 16 heavy (non-hydrogen) atoms. The van der Waals surface area contributed by atoms with E-state index in [1.54, 1.807) is 0 Å². The molecule has 2 nitrogen and oxygen atoms in total. The van der Waals surface area contributed by atoms with Crippen molar-refractivity contribution < 1.29 is 0 Å². The molecule has 0 aliphatic rings. The van der Waals surface area contributed by atoms with E-state index in [0.717, 1.165) is 13.1 Å². The smallest absolute Gasteiger partial charge is 0.0346 e. The van der Waals surface area contributed by atoms with E-state index in [9.17, 15) is 0 Å². The van der Waals surface area contributed by atoms with Gasteiger partial charge in [0, 0.05) is 29.9 Å². The zero-order valence-corrected chi connectivity index (χ0v) is 9.48. The molecule has 1 N–H and O–H groups in total. The Morgan fingerprint density at radius 1 is 1.25 bits per heavy atom. The van der Waals surface area contributed by atoms with Crippen molar-refractivity contribution in [2.75, 3.05) is 13.1 Å². The second-order valence-electron chi connectivity index (χ2n) is 3.66. The van der Waals surface area contributed by atoms with E-state index in [2.05, 4.69) is 47.6 Å². The van der Waals surface area contributed by atoms with E-state index in [1.165, 1.54) is 16.3 Å². The summed E-state index contributed by atoms with van der Waals surface area (Å²) in [5.74, 6) is 0. The van der Waals surface area contributed by atoms with Gasteiger partial charge in [-0.3, -0.25) is 4.98 Å². The first kappa shape index (κ1) is 10.8. The van der Waals surface area contributed by atoms with Crippen LogP contribution in [0.2, 0.25) is 0 Å². The minimum Gasteiger partial charge on any atom is -0.314 e. The van der Waals surface area contributed by atoms with Gasteiger partial charge in [-0.15, -0.1) is 0 Å². The van der Waals surface area contributed by atoms with Crippen LogP contribution in [0.4, 0.5) is 0 Å². The molecule has 1 aromatic carbocycles. The third-order valence-electron chi connectivity index (χ3n) is 2.51. The van der Waals surface area contributed by atoms with Crippen LogP contribution in [0.15, 0.2) is 42.7 Å². The van der Waals surface area contributed by atoms with Gasteiger partial charge in [0.05, 0.1) is 0 Å². The largest absolute Gasteiger partial charge is 0.314 e. The van der Waals surface area contributed by atoms with Crippen molar-refractivity contribution in [3.8, 4) is 0 Å². The van der Waals surface area contributed by atoms with Crippen LogP contribution in [0.25, 0.3) is 16.8 Å². The molecule has 0 aliphatic heterocycles. The standard InChI is InChI=1S/C14H16N2/c1-2-15-9-5-7-13-11-16-10-12-6-3-4-8-14(12)13/h3-8,10-11,15H,2,9H2,1H3/b7-5+. The van der Waals surface area contributed by atoms with Crippen LogP contribution >= 0.6 is 0 Å². The summed E-state index contributed by atoms with van der Waals surface area (Å²) in [6.45, 7) is 4.01. The Morgan fingerprint density at radius 2 is 2.12 bits per heavy atom. The minimum absolute atomic E-state index is 0.903. The van der Waals surface area contributed by atoms with Crippen LogP contribution in [0, 0.1) is 0 Å². The lowest BCUT2D eigenvalue weighted by Gasteiger charge is -2.01. The molecule has 82 valence electrons. The highest BCUT2D eigenvalue weighted by Crippen LogP contribution is 2.17. The van der Waals surface area contributed by atoms with Gasteiger partial charge in [-0.1, -0.05) is 43.3 Å². The summed E-state index contributed by atoms with van der Waals surface area (Å²) >= 11 is 0. The topological polar surface area (TPSA) is 24.9 Å². The first-order valence-corrected chi connectivity index (χ1v) is 5.62. The summed E-state index contributed by atoms with van der Waals surface area (Å²) < 4.78 is 0. The number of nitrogens with one attached hydrogen (secondary N) is 1. The molecule has 0 radical (unpaired) electrons.